The highest BCUT2D eigenvalue weighted by Gasteiger charge is 2.25. The number of anilines is 1. The second kappa shape index (κ2) is 7.05. The van der Waals surface area contributed by atoms with Crippen LogP contribution in [0.1, 0.15) is 26.7 Å². The minimum absolute atomic E-state index is 0.0575. The number of rotatable bonds is 3. The van der Waals surface area contributed by atoms with Crippen LogP contribution < -0.4 is 5.32 Å². The van der Waals surface area contributed by atoms with E-state index in [1.54, 1.807) is 0 Å². The van der Waals surface area contributed by atoms with Crippen molar-refractivity contribution in [3.8, 4) is 0 Å². The Morgan fingerprint density at radius 3 is 2.85 bits per heavy atom. The third kappa shape index (κ3) is 4.06. The fourth-order valence-corrected chi connectivity index (χ4v) is 3.72. The van der Waals surface area contributed by atoms with Gasteiger partial charge in [-0.2, -0.15) is 0 Å². The molecule has 3 nitrogen and oxygen atoms in total. The Morgan fingerprint density at radius 1 is 1.45 bits per heavy atom. The fourth-order valence-electron chi connectivity index (χ4n) is 2.57. The third-order valence-electron chi connectivity index (χ3n) is 3.80. The minimum atomic E-state index is -0.0895. The van der Waals surface area contributed by atoms with Crippen LogP contribution in [-0.4, -0.2) is 29.9 Å². The molecule has 0 aromatic heterocycles. The van der Waals surface area contributed by atoms with Crippen molar-refractivity contribution in [1.29, 1.82) is 0 Å². The van der Waals surface area contributed by atoms with Crippen molar-refractivity contribution >= 4 is 43.5 Å². The molecule has 1 aromatic carbocycles. The Labute approximate surface area is 137 Å². The molecule has 2 rings (SSSR count). The smallest absolute Gasteiger partial charge is 0.241 e. The number of hydrogen-bond donors (Lipinski definition) is 1. The van der Waals surface area contributed by atoms with E-state index in [1.165, 1.54) is 12.8 Å². The molecule has 1 aliphatic rings. The Hall–Kier alpha value is -0.390. The predicted octanol–water partition coefficient (Wildman–Crippen LogP) is 4.27. The fraction of sp³-hybridized carbons (Fsp3) is 0.533. The van der Waals surface area contributed by atoms with Crippen molar-refractivity contribution in [3.63, 3.8) is 0 Å². The molecule has 1 N–H and O–H groups in total. The average molecular weight is 404 g/mol. The summed E-state index contributed by atoms with van der Waals surface area (Å²) in [6.45, 7) is 6.26. The first-order chi connectivity index (χ1) is 9.47. The van der Waals surface area contributed by atoms with Crippen molar-refractivity contribution in [2.45, 2.75) is 32.7 Å². The largest absolute Gasteiger partial charge is 0.324 e. The van der Waals surface area contributed by atoms with E-state index >= 15 is 0 Å². The summed E-state index contributed by atoms with van der Waals surface area (Å²) in [6, 6.07) is 5.67. The number of amides is 1. The number of halogens is 2. The van der Waals surface area contributed by atoms with Gasteiger partial charge in [0.25, 0.3) is 0 Å². The number of nitrogens with one attached hydrogen (secondary N) is 1. The molecule has 1 amide bonds. The molecule has 2 unspecified atom stereocenters. The van der Waals surface area contributed by atoms with E-state index in [4.69, 9.17) is 0 Å². The highest BCUT2D eigenvalue weighted by Crippen LogP contribution is 2.26. The van der Waals surface area contributed by atoms with Gasteiger partial charge < -0.3 is 5.32 Å². The molecule has 0 aliphatic carbocycles. The van der Waals surface area contributed by atoms with Gasteiger partial charge >= 0.3 is 0 Å². The number of nitrogens with zero attached hydrogens (tertiary/aromatic N) is 1. The standard InChI is InChI=1S/C15H20Br2N2O/c1-10-4-3-7-19(9-10)11(2)15(20)18-14-6-5-12(16)8-13(14)17/h5-6,8,10-11H,3-4,7,9H2,1-2H3,(H,18,20). The van der Waals surface area contributed by atoms with Crippen LogP contribution in [0.25, 0.3) is 0 Å². The number of piperidine rings is 1. The van der Waals surface area contributed by atoms with Gasteiger partial charge in [0.2, 0.25) is 5.91 Å². The minimum Gasteiger partial charge on any atom is -0.324 e. The molecular weight excluding hydrogens is 384 g/mol. The maximum atomic E-state index is 12.4. The Bertz CT molecular complexity index is 493. The highest BCUT2D eigenvalue weighted by atomic mass is 79.9. The summed E-state index contributed by atoms with van der Waals surface area (Å²) >= 11 is 6.88. The van der Waals surface area contributed by atoms with E-state index in [0.29, 0.717) is 5.92 Å². The van der Waals surface area contributed by atoms with Gasteiger partial charge in [-0.15, -0.1) is 0 Å². The Morgan fingerprint density at radius 2 is 2.20 bits per heavy atom. The molecule has 1 fully saturated rings. The van der Waals surface area contributed by atoms with Gasteiger partial charge in [-0.25, -0.2) is 0 Å². The zero-order valence-corrected chi connectivity index (χ0v) is 15.0. The number of carbonyl (C=O) groups is 1. The van der Waals surface area contributed by atoms with E-state index in [-0.39, 0.29) is 11.9 Å². The van der Waals surface area contributed by atoms with E-state index in [9.17, 15) is 4.79 Å². The van der Waals surface area contributed by atoms with Crippen molar-refractivity contribution < 1.29 is 4.79 Å². The van der Waals surface area contributed by atoms with Gasteiger partial charge in [0.1, 0.15) is 0 Å². The summed E-state index contributed by atoms with van der Waals surface area (Å²) in [5.74, 6) is 0.737. The van der Waals surface area contributed by atoms with Gasteiger partial charge in [0.15, 0.2) is 0 Å². The van der Waals surface area contributed by atoms with Gasteiger partial charge in [0, 0.05) is 15.5 Å². The lowest BCUT2D eigenvalue weighted by Crippen LogP contribution is -2.46. The number of carbonyl (C=O) groups excluding carboxylic acids is 1. The van der Waals surface area contributed by atoms with Crippen molar-refractivity contribution in [2.75, 3.05) is 18.4 Å². The topological polar surface area (TPSA) is 32.3 Å². The quantitative estimate of drug-likeness (QED) is 0.817. The first kappa shape index (κ1) is 16.0. The first-order valence-corrected chi connectivity index (χ1v) is 8.56. The summed E-state index contributed by atoms with van der Waals surface area (Å²) < 4.78 is 1.87. The zero-order valence-electron chi connectivity index (χ0n) is 11.8. The molecule has 1 saturated heterocycles. The van der Waals surface area contributed by atoms with Gasteiger partial charge in [-0.05, 0) is 66.4 Å². The lowest BCUT2D eigenvalue weighted by Gasteiger charge is -2.34. The molecule has 2 atom stereocenters. The molecule has 0 saturated carbocycles. The number of benzene rings is 1. The van der Waals surface area contributed by atoms with Gasteiger partial charge in [0.05, 0.1) is 11.7 Å². The molecule has 5 heteroatoms. The van der Waals surface area contributed by atoms with Gasteiger partial charge in [-0.1, -0.05) is 22.9 Å². The molecule has 1 aromatic rings. The summed E-state index contributed by atoms with van der Waals surface area (Å²) in [5.41, 5.74) is 0.815. The highest BCUT2D eigenvalue weighted by molar-refractivity contribution is 9.11. The average Bonchev–Trinajstić information content (AvgIpc) is 2.41. The van der Waals surface area contributed by atoms with Crippen LogP contribution in [-0.2, 0) is 4.79 Å². The zero-order chi connectivity index (χ0) is 14.7. The van der Waals surface area contributed by atoms with Crippen molar-refractivity contribution in [3.05, 3.63) is 27.1 Å². The van der Waals surface area contributed by atoms with Crippen LogP contribution in [0.15, 0.2) is 27.1 Å². The van der Waals surface area contributed by atoms with Crippen molar-refractivity contribution in [2.24, 2.45) is 5.92 Å². The molecule has 110 valence electrons. The van der Waals surface area contributed by atoms with Crippen LogP contribution >= 0.6 is 31.9 Å². The van der Waals surface area contributed by atoms with E-state index in [0.717, 1.165) is 27.7 Å². The number of likely N-dealkylation sites (tertiary alicyclic amines) is 1. The molecule has 20 heavy (non-hydrogen) atoms. The Kier molecular flexibility index (Phi) is 5.64. The van der Waals surface area contributed by atoms with E-state index in [1.807, 2.05) is 25.1 Å². The summed E-state index contributed by atoms with van der Waals surface area (Å²) in [7, 11) is 0. The second-order valence-corrected chi connectivity index (χ2v) is 7.30. The summed E-state index contributed by atoms with van der Waals surface area (Å²) in [6.07, 6.45) is 2.45. The monoisotopic (exact) mass is 402 g/mol. The van der Waals surface area contributed by atoms with Crippen LogP contribution in [0, 0.1) is 5.92 Å². The predicted molar refractivity (Wildman–Crippen MR) is 89.9 cm³/mol. The molecule has 0 spiro atoms. The first-order valence-electron chi connectivity index (χ1n) is 6.97. The second-order valence-electron chi connectivity index (χ2n) is 5.53. The molecule has 1 heterocycles. The van der Waals surface area contributed by atoms with Crippen LogP contribution in [0.5, 0.6) is 0 Å². The summed E-state index contributed by atoms with van der Waals surface area (Å²) in [4.78, 5) is 14.6. The van der Waals surface area contributed by atoms with E-state index < -0.39 is 0 Å². The SMILES string of the molecule is CC1CCCN(C(C)C(=O)Nc2ccc(Br)cc2Br)C1. The lowest BCUT2D eigenvalue weighted by molar-refractivity contribution is -0.121. The lowest BCUT2D eigenvalue weighted by atomic mass is 9.99. The van der Waals surface area contributed by atoms with Crippen LogP contribution in [0.2, 0.25) is 0 Å². The van der Waals surface area contributed by atoms with Crippen LogP contribution in [0.4, 0.5) is 5.69 Å². The number of hydrogen-bond acceptors (Lipinski definition) is 2. The normalized spacial score (nSPS) is 21.5. The maximum absolute atomic E-state index is 12.4. The van der Waals surface area contributed by atoms with Gasteiger partial charge in [-0.3, -0.25) is 9.69 Å². The molecule has 1 aliphatic heterocycles. The van der Waals surface area contributed by atoms with E-state index in [2.05, 4.69) is 49.0 Å². The third-order valence-corrected chi connectivity index (χ3v) is 4.95. The van der Waals surface area contributed by atoms with Crippen LogP contribution in [0.3, 0.4) is 0 Å². The Balaban J connectivity index is 2.00. The molecule has 0 radical (unpaired) electrons. The van der Waals surface area contributed by atoms with Crippen molar-refractivity contribution in [1.82, 2.24) is 4.90 Å². The molecule has 0 bridgehead atoms. The summed E-state index contributed by atoms with van der Waals surface area (Å²) in [5, 5.41) is 3.00. The maximum Gasteiger partial charge on any atom is 0.241 e. The molecular formula is C15H20Br2N2O.